The predicted molar refractivity (Wildman–Crippen MR) is 70.2 cm³/mol. The van der Waals surface area contributed by atoms with Gasteiger partial charge in [0.15, 0.2) is 0 Å². The number of hydrogen-bond acceptors (Lipinski definition) is 4. The number of nitrogens with zero attached hydrogens (tertiary/aromatic N) is 1. The predicted octanol–water partition coefficient (Wildman–Crippen LogP) is 0.237. The van der Waals surface area contributed by atoms with Crippen molar-refractivity contribution in [1.82, 2.24) is 15.6 Å². The minimum Gasteiger partial charge on any atom is -0.371 e. The van der Waals surface area contributed by atoms with Crippen molar-refractivity contribution in [3.05, 3.63) is 30.1 Å². The van der Waals surface area contributed by atoms with Crippen LogP contribution in [0.5, 0.6) is 0 Å². The minimum absolute atomic E-state index is 0.273. The Morgan fingerprint density at radius 1 is 1.47 bits per heavy atom. The molecular formula is C13H19N3O3. The van der Waals surface area contributed by atoms with Crippen molar-refractivity contribution in [2.75, 3.05) is 7.05 Å². The molecule has 6 nitrogen and oxygen atoms in total. The molecule has 0 aliphatic heterocycles. The van der Waals surface area contributed by atoms with Gasteiger partial charge in [-0.3, -0.25) is 14.6 Å². The van der Waals surface area contributed by atoms with E-state index in [0.29, 0.717) is 6.61 Å². The molecular weight excluding hydrogens is 246 g/mol. The SMILES string of the molecule is CNC(=O)C(NC(C)=O)C(C)OCc1cccnc1. The number of nitrogens with one attached hydrogen (secondary N) is 2. The van der Waals surface area contributed by atoms with Gasteiger partial charge in [0.1, 0.15) is 6.04 Å². The molecule has 6 heteroatoms. The van der Waals surface area contributed by atoms with Gasteiger partial charge in [-0.25, -0.2) is 0 Å². The van der Waals surface area contributed by atoms with Gasteiger partial charge in [0, 0.05) is 26.4 Å². The van der Waals surface area contributed by atoms with Gasteiger partial charge in [0.05, 0.1) is 12.7 Å². The van der Waals surface area contributed by atoms with Gasteiger partial charge < -0.3 is 15.4 Å². The van der Waals surface area contributed by atoms with Gasteiger partial charge in [0.25, 0.3) is 0 Å². The number of likely N-dealkylation sites (N-methyl/N-ethyl adjacent to an activating group) is 1. The zero-order valence-corrected chi connectivity index (χ0v) is 11.3. The second-order valence-electron chi connectivity index (χ2n) is 4.17. The lowest BCUT2D eigenvalue weighted by Gasteiger charge is -2.23. The van der Waals surface area contributed by atoms with Crippen molar-refractivity contribution in [2.45, 2.75) is 32.6 Å². The Hall–Kier alpha value is -1.95. The van der Waals surface area contributed by atoms with Crippen LogP contribution in [0.25, 0.3) is 0 Å². The first-order valence-electron chi connectivity index (χ1n) is 6.03. The molecule has 0 aliphatic rings. The van der Waals surface area contributed by atoms with Crippen molar-refractivity contribution in [3.8, 4) is 0 Å². The lowest BCUT2D eigenvalue weighted by atomic mass is 10.1. The molecule has 19 heavy (non-hydrogen) atoms. The third kappa shape index (κ3) is 5.05. The number of rotatable bonds is 6. The van der Waals surface area contributed by atoms with Crippen LogP contribution >= 0.6 is 0 Å². The molecule has 2 amide bonds. The fraction of sp³-hybridized carbons (Fsp3) is 0.462. The molecule has 0 saturated heterocycles. The highest BCUT2D eigenvalue weighted by atomic mass is 16.5. The van der Waals surface area contributed by atoms with Crippen LogP contribution in [-0.2, 0) is 20.9 Å². The Labute approximate surface area is 112 Å². The molecule has 0 aliphatic carbocycles. The Morgan fingerprint density at radius 2 is 2.21 bits per heavy atom. The third-order valence-electron chi connectivity index (χ3n) is 2.59. The van der Waals surface area contributed by atoms with Crippen LogP contribution in [0, 0.1) is 0 Å². The summed E-state index contributed by atoms with van der Waals surface area (Å²) >= 11 is 0. The molecule has 0 spiro atoms. The van der Waals surface area contributed by atoms with E-state index in [0.717, 1.165) is 5.56 Å². The maximum Gasteiger partial charge on any atom is 0.245 e. The first kappa shape index (κ1) is 15.1. The summed E-state index contributed by atoms with van der Waals surface area (Å²) in [5, 5.41) is 5.08. The number of hydrogen-bond donors (Lipinski definition) is 2. The number of carbonyl (C=O) groups is 2. The van der Waals surface area contributed by atoms with Crippen LogP contribution in [0.2, 0.25) is 0 Å². The summed E-state index contributed by atoms with van der Waals surface area (Å²) in [6.45, 7) is 3.44. The van der Waals surface area contributed by atoms with Gasteiger partial charge in [-0.05, 0) is 18.6 Å². The van der Waals surface area contributed by atoms with Crippen molar-refractivity contribution in [2.24, 2.45) is 0 Å². The largest absolute Gasteiger partial charge is 0.371 e. The maximum atomic E-state index is 11.7. The highest BCUT2D eigenvalue weighted by molar-refractivity contribution is 5.87. The first-order chi connectivity index (χ1) is 9.04. The van der Waals surface area contributed by atoms with Gasteiger partial charge in [-0.1, -0.05) is 6.07 Å². The van der Waals surface area contributed by atoms with Crippen LogP contribution in [0.3, 0.4) is 0 Å². The normalized spacial score (nSPS) is 13.4. The van der Waals surface area contributed by atoms with Crippen molar-refractivity contribution < 1.29 is 14.3 Å². The van der Waals surface area contributed by atoms with Crippen molar-refractivity contribution >= 4 is 11.8 Å². The fourth-order valence-corrected chi connectivity index (χ4v) is 1.58. The highest BCUT2D eigenvalue weighted by Crippen LogP contribution is 2.05. The highest BCUT2D eigenvalue weighted by Gasteiger charge is 2.25. The number of ether oxygens (including phenoxy) is 1. The Bertz CT molecular complexity index is 422. The lowest BCUT2D eigenvalue weighted by molar-refractivity contribution is -0.132. The summed E-state index contributed by atoms with van der Waals surface area (Å²) in [5.74, 6) is -0.556. The lowest BCUT2D eigenvalue weighted by Crippen LogP contribution is -2.51. The molecule has 0 aromatic carbocycles. The Balaban J connectivity index is 2.59. The van der Waals surface area contributed by atoms with Crippen LogP contribution in [-0.4, -0.2) is 36.0 Å². The zero-order valence-electron chi connectivity index (χ0n) is 11.3. The second-order valence-corrected chi connectivity index (χ2v) is 4.17. The quantitative estimate of drug-likeness (QED) is 0.772. The van der Waals surface area contributed by atoms with Crippen molar-refractivity contribution in [3.63, 3.8) is 0 Å². The molecule has 2 N–H and O–H groups in total. The van der Waals surface area contributed by atoms with E-state index in [1.54, 1.807) is 19.3 Å². The van der Waals surface area contributed by atoms with E-state index in [1.807, 2.05) is 12.1 Å². The first-order valence-corrected chi connectivity index (χ1v) is 6.03. The molecule has 0 radical (unpaired) electrons. The van der Waals surface area contributed by atoms with Crippen LogP contribution < -0.4 is 10.6 Å². The molecule has 0 bridgehead atoms. The van der Waals surface area contributed by atoms with Gasteiger partial charge in [-0.2, -0.15) is 0 Å². The van der Waals surface area contributed by atoms with Crippen LogP contribution in [0.4, 0.5) is 0 Å². The molecule has 0 saturated carbocycles. The van der Waals surface area contributed by atoms with E-state index in [9.17, 15) is 9.59 Å². The molecule has 2 atom stereocenters. The Morgan fingerprint density at radius 3 is 2.74 bits per heavy atom. The van der Waals surface area contributed by atoms with Gasteiger partial charge >= 0.3 is 0 Å². The average molecular weight is 265 g/mol. The van der Waals surface area contributed by atoms with E-state index in [4.69, 9.17) is 4.74 Å². The molecule has 0 fully saturated rings. The van der Waals surface area contributed by atoms with Gasteiger partial charge in [0.2, 0.25) is 11.8 Å². The van der Waals surface area contributed by atoms with Crippen LogP contribution in [0.1, 0.15) is 19.4 Å². The van der Waals surface area contributed by atoms with Crippen LogP contribution in [0.15, 0.2) is 24.5 Å². The van der Waals surface area contributed by atoms with E-state index < -0.39 is 12.1 Å². The molecule has 2 unspecified atom stereocenters. The Kier molecular flexibility index (Phi) is 5.95. The summed E-state index contributed by atoms with van der Waals surface area (Å²) in [6, 6.07) is 2.99. The van der Waals surface area contributed by atoms with E-state index >= 15 is 0 Å². The summed E-state index contributed by atoms with van der Waals surface area (Å²) in [4.78, 5) is 26.8. The van der Waals surface area contributed by atoms with E-state index in [2.05, 4.69) is 15.6 Å². The molecule has 1 aromatic heterocycles. The fourth-order valence-electron chi connectivity index (χ4n) is 1.58. The molecule has 1 rings (SSSR count). The second kappa shape index (κ2) is 7.48. The smallest absolute Gasteiger partial charge is 0.245 e. The molecule has 1 aromatic rings. The molecule has 1 heterocycles. The summed E-state index contributed by atoms with van der Waals surface area (Å²) in [7, 11) is 1.52. The topological polar surface area (TPSA) is 80.3 Å². The minimum atomic E-state index is -0.709. The summed E-state index contributed by atoms with van der Waals surface area (Å²) in [5.41, 5.74) is 0.910. The third-order valence-corrected chi connectivity index (χ3v) is 2.59. The zero-order chi connectivity index (χ0) is 14.3. The number of amides is 2. The average Bonchev–Trinajstić information content (AvgIpc) is 2.42. The van der Waals surface area contributed by atoms with Gasteiger partial charge in [-0.15, -0.1) is 0 Å². The number of pyridine rings is 1. The maximum absolute atomic E-state index is 11.7. The number of carbonyl (C=O) groups excluding carboxylic acids is 2. The monoisotopic (exact) mass is 265 g/mol. The van der Waals surface area contributed by atoms with Crippen molar-refractivity contribution in [1.29, 1.82) is 0 Å². The summed E-state index contributed by atoms with van der Waals surface area (Å²) in [6.07, 6.45) is 2.93. The number of aromatic nitrogens is 1. The van der Waals surface area contributed by atoms with E-state index in [-0.39, 0.29) is 11.8 Å². The standard InChI is InChI=1S/C13H19N3O3/c1-9(12(13(18)14-3)16-10(2)17)19-8-11-5-4-6-15-7-11/h4-7,9,12H,8H2,1-3H3,(H,14,18)(H,16,17). The van der Waals surface area contributed by atoms with E-state index in [1.165, 1.54) is 14.0 Å². The summed E-state index contributed by atoms with van der Waals surface area (Å²) < 4.78 is 5.60. The molecule has 104 valence electrons.